The van der Waals surface area contributed by atoms with Crippen LogP contribution in [0.3, 0.4) is 0 Å². The van der Waals surface area contributed by atoms with Crippen LogP contribution in [0, 0.1) is 6.08 Å². The number of phenolic OH excluding ortho intramolecular Hbond substituents is 1. The number of hydrogen-bond acceptors (Lipinski definition) is 13. The first-order valence-corrected chi connectivity index (χ1v) is 12.9. The quantitative estimate of drug-likeness (QED) is 0.160. The maximum atomic E-state index is 13.4. The number of nitrogen functional groups attached to an aromatic ring is 1. The third-order valence-electron chi connectivity index (χ3n) is 4.91. The van der Waals surface area contributed by atoms with Gasteiger partial charge in [-0.1, -0.05) is 0 Å². The number of phenols is 1. The van der Waals surface area contributed by atoms with Crippen LogP contribution in [0.2, 0.25) is 0 Å². The van der Waals surface area contributed by atoms with Crippen LogP contribution in [0.5, 0.6) is 11.5 Å². The summed E-state index contributed by atoms with van der Waals surface area (Å²) < 4.78 is 85.4. The van der Waals surface area contributed by atoms with Gasteiger partial charge in [0.2, 0.25) is 11.9 Å². The van der Waals surface area contributed by atoms with Crippen LogP contribution in [0.25, 0.3) is 10.8 Å². The minimum Gasteiger partial charge on any atom is -0.505 e. The number of fused-ring (bicyclic) bond motifs is 1. The smallest absolute Gasteiger partial charge is 0.315 e. The molecule has 0 fully saturated rings. The first-order valence-electron chi connectivity index (χ1n) is 10.0. The zero-order chi connectivity index (χ0) is 27.8. The number of halogens is 1. The van der Waals surface area contributed by atoms with Crippen molar-refractivity contribution in [3.63, 3.8) is 0 Å². The first-order chi connectivity index (χ1) is 17.8. The van der Waals surface area contributed by atoms with E-state index in [-0.39, 0.29) is 28.2 Å². The fraction of sp³-hybridized carbons (Fsp3) is 0.0500. The predicted octanol–water partition coefficient (Wildman–Crippen LogP) is 3.11. The molecule has 0 bridgehead atoms. The molecule has 0 aliphatic carbocycles. The summed E-state index contributed by atoms with van der Waals surface area (Å²) in [5.74, 6) is -1.32. The van der Waals surface area contributed by atoms with Gasteiger partial charge in [-0.3, -0.25) is 9.11 Å². The maximum absolute atomic E-state index is 13.4. The van der Waals surface area contributed by atoms with Crippen molar-refractivity contribution in [2.24, 2.45) is 10.2 Å². The molecule has 15 nitrogen and oxygen atoms in total. The summed E-state index contributed by atoms with van der Waals surface area (Å²) in [4.78, 5) is 8.75. The molecule has 0 saturated heterocycles. The SMILES string of the molecule is COc1ccc(/N=N/c2c(S(=O)(=O)O)cc3cc(Nc4nc(N)nc(F)n4)ccc3c2O)c(S(=O)(=O)O)c1. The van der Waals surface area contributed by atoms with Crippen molar-refractivity contribution in [3.05, 3.63) is 48.5 Å². The van der Waals surface area contributed by atoms with Crippen LogP contribution >= 0.6 is 0 Å². The zero-order valence-corrected chi connectivity index (χ0v) is 20.6. The monoisotopic (exact) mass is 565 g/mol. The third-order valence-corrected chi connectivity index (χ3v) is 6.66. The van der Waals surface area contributed by atoms with Crippen molar-refractivity contribution in [2.45, 2.75) is 9.79 Å². The van der Waals surface area contributed by atoms with E-state index in [1.165, 1.54) is 31.4 Å². The van der Waals surface area contributed by atoms with Crippen molar-refractivity contribution >= 4 is 60.0 Å². The molecule has 0 atom stereocenters. The summed E-state index contributed by atoms with van der Waals surface area (Å²) in [6, 6.07) is 8.38. The van der Waals surface area contributed by atoms with Crippen molar-refractivity contribution < 1.29 is 40.2 Å². The largest absolute Gasteiger partial charge is 0.505 e. The van der Waals surface area contributed by atoms with E-state index < -0.39 is 59.2 Å². The Hall–Kier alpha value is -4.52. The van der Waals surface area contributed by atoms with Gasteiger partial charge in [-0.15, -0.1) is 10.2 Å². The summed E-state index contributed by atoms with van der Waals surface area (Å²) in [5.41, 5.74) is 4.46. The number of ether oxygens (including phenoxy) is 1. The van der Waals surface area contributed by atoms with E-state index in [1.54, 1.807) is 0 Å². The summed E-state index contributed by atoms with van der Waals surface area (Å²) in [6.45, 7) is 0. The Morgan fingerprint density at radius 2 is 1.66 bits per heavy atom. The lowest BCUT2D eigenvalue weighted by molar-refractivity contribution is 0.412. The molecule has 0 radical (unpaired) electrons. The molecule has 4 aromatic rings. The Morgan fingerprint density at radius 1 is 0.947 bits per heavy atom. The second-order valence-electron chi connectivity index (χ2n) is 7.40. The van der Waals surface area contributed by atoms with Gasteiger partial charge >= 0.3 is 6.08 Å². The molecule has 198 valence electrons. The Balaban J connectivity index is 1.84. The Bertz CT molecular complexity index is 1810. The van der Waals surface area contributed by atoms with E-state index in [0.29, 0.717) is 0 Å². The summed E-state index contributed by atoms with van der Waals surface area (Å²) in [7, 11) is -8.55. The Kier molecular flexibility index (Phi) is 6.80. The molecule has 6 N–H and O–H groups in total. The van der Waals surface area contributed by atoms with Crippen molar-refractivity contribution in [3.8, 4) is 11.5 Å². The molecule has 0 aliphatic heterocycles. The standard InChI is InChI=1S/C20H16FN7O8S2/c1-36-11-3-5-13(14(8-11)37(30,31)32)27-28-16-15(38(33,34)35)7-9-6-10(2-4-12(9)17(16)29)23-20-25-18(21)24-19(22)26-20/h2-8,29H,1H3,(H,30,31,32)(H,33,34,35)(H3,22,23,24,25,26)/b28-27+. The van der Waals surface area contributed by atoms with Gasteiger partial charge in [-0.25, -0.2) is 0 Å². The fourth-order valence-corrected chi connectivity index (χ4v) is 4.58. The lowest BCUT2D eigenvalue weighted by atomic mass is 10.1. The minimum atomic E-state index is -5.00. The van der Waals surface area contributed by atoms with E-state index in [0.717, 1.165) is 18.2 Å². The number of aromatic nitrogens is 3. The summed E-state index contributed by atoms with van der Waals surface area (Å²) in [6.07, 6.45) is -1.14. The van der Waals surface area contributed by atoms with E-state index in [9.17, 15) is 35.4 Å². The van der Waals surface area contributed by atoms with E-state index >= 15 is 0 Å². The van der Waals surface area contributed by atoms with Gasteiger partial charge in [0.1, 0.15) is 26.9 Å². The number of nitrogens with one attached hydrogen (secondary N) is 1. The van der Waals surface area contributed by atoms with Crippen LogP contribution in [0.1, 0.15) is 0 Å². The second kappa shape index (κ2) is 9.74. The van der Waals surface area contributed by atoms with Crippen molar-refractivity contribution in [1.29, 1.82) is 0 Å². The van der Waals surface area contributed by atoms with Crippen LogP contribution in [0.4, 0.5) is 33.3 Å². The van der Waals surface area contributed by atoms with Crippen LogP contribution in [0.15, 0.2) is 62.5 Å². The number of rotatable bonds is 7. The fourth-order valence-electron chi connectivity index (χ4n) is 3.29. The highest BCUT2D eigenvalue weighted by atomic mass is 32.2. The molecule has 38 heavy (non-hydrogen) atoms. The van der Waals surface area contributed by atoms with Gasteiger partial charge < -0.3 is 20.9 Å². The number of benzene rings is 3. The van der Waals surface area contributed by atoms with Crippen molar-refractivity contribution in [1.82, 2.24) is 15.0 Å². The molecule has 0 saturated carbocycles. The van der Waals surface area contributed by atoms with E-state index in [4.69, 9.17) is 10.5 Å². The maximum Gasteiger partial charge on any atom is 0.315 e. The molecule has 3 aromatic carbocycles. The van der Waals surface area contributed by atoms with E-state index in [1.807, 2.05) is 0 Å². The summed E-state index contributed by atoms with van der Waals surface area (Å²) in [5, 5.41) is 20.9. The number of methoxy groups -OCH3 is 1. The zero-order valence-electron chi connectivity index (χ0n) is 18.9. The molecule has 1 heterocycles. The number of anilines is 3. The van der Waals surface area contributed by atoms with Gasteiger partial charge in [-0.2, -0.15) is 36.2 Å². The molecule has 0 amide bonds. The summed E-state index contributed by atoms with van der Waals surface area (Å²) >= 11 is 0. The molecule has 18 heteroatoms. The Morgan fingerprint density at radius 3 is 2.29 bits per heavy atom. The topological polar surface area (TPSA) is 240 Å². The van der Waals surface area contributed by atoms with Crippen LogP contribution in [-0.4, -0.2) is 53.1 Å². The van der Waals surface area contributed by atoms with Gasteiger partial charge in [0.25, 0.3) is 20.2 Å². The first kappa shape index (κ1) is 26.5. The highest BCUT2D eigenvalue weighted by molar-refractivity contribution is 7.86. The number of nitrogens with zero attached hydrogens (tertiary/aromatic N) is 5. The molecule has 0 spiro atoms. The van der Waals surface area contributed by atoms with Crippen molar-refractivity contribution in [2.75, 3.05) is 18.2 Å². The molecule has 0 unspecified atom stereocenters. The lowest BCUT2D eigenvalue weighted by Crippen LogP contribution is -2.05. The lowest BCUT2D eigenvalue weighted by Gasteiger charge is -2.11. The van der Waals surface area contributed by atoms with Crippen LogP contribution in [-0.2, 0) is 20.2 Å². The minimum absolute atomic E-state index is 0.0444. The molecule has 0 aliphatic rings. The average Bonchev–Trinajstić information content (AvgIpc) is 2.81. The highest BCUT2D eigenvalue weighted by Gasteiger charge is 2.23. The Labute approximate surface area is 213 Å². The molecule has 1 aromatic heterocycles. The van der Waals surface area contributed by atoms with Gasteiger partial charge in [-0.05, 0) is 41.8 Å². The van der Waals surface area contributed by atoms with Crippen LogP contribution < -0.4 is 15.8 Å². The predicted molar refractivity (Wildman–Crippen MR) is 130 cm³/mol. The normalized spacial score (nSPS) is 12.2. The van der Waals surface area contributed by atoms with Gasteiger partial charge in [0, 0.05) is 17.1 Å². The second-order valence-corrected chi connectivity index (χ2v) is 10.2. The number of azo groups is 1. The van der Waals surface area contributed by atoms with Gasteiger partial charge in [0.05, 0.1) is 7.11 Å². The third kappa shape index (κ3) is 5.57. The number of aromatic hydroxyl groups is 1. The highest BCUT2D eigenvalue weighted by Crippen LogP contribution is 2.42. The van der Waals surface area contributed by atoms with E-state index in [2.05, 4.69) is 30.5 Å². The average molecular weight is 566 g/mol. The molecular weight excluding hydrogens is 549 g/mol. The molecule has 4 rings (SSSR count). The number of nitrogens with two attached hydrogens (primary N) is 1. The number of hydrogen-bond donors (Lipinski definition) is 5. The van der Waals surface area contributed by atoms with Gasteiger partial charge in [0.15, 0.2) is 5.75 Å². The molecular formula is C20H16FN7O8S2.